The number of alkyl halides is 2. The van der Waals surface area contributed by atoms with Crippen LogP contribution in [-0.2, 0) is 6.54 Å². The number of halogens is 2. The number of H-pyrrole nitrogens is 1. The quantitative estimate of drug-likeness (QED) is 0.290. The van der Waals surface area contributed by atoms with Gasteiger partial charge in [-0.05, 0) is 60.7 Å². The van der Waals surface area contributed by atoms with Gasteiger partial charge in [-0.3, -0.25) is 24.2 Å². The monoisotopic (exact) mass is 519 g/mol. The van der Waals surface area contributed by atoms with Gasteiger partial charge in [-0.1, -0.05) is 6.07 Å². The van der Waals surface area contributed by atoms with Gasteiger partial charge < -0.3 is 10.2 Å². The maximum atomic E-state index is 13.1. The molecule has 1 aliphatic rings. The maximum absolute atomic E-state index is 13.1. The topological polar surface area (TPSA) is 90.0 Å². The summed E-state index contributed by atoms with van der Waals surface area (Å²) in [7, 11) is 0. The number of benzene rings is 1. The largest absolute Gasteiger partial charge is 0.357 e. The van der Waals surface area contributed by atoms with Crippen molar-refractivity contribution >= 4 is 28.3 Å². The van der Waals surface area contributed by atoms with E-state index in [1.54, 1.807) is 18.6 Å². The molecule has 0 unspecified atom stereocenters. The number of aromatic nitrogens is 4. The van der Waals surface area contributed by atoms with Crippen molar-refractivity contribution in [1.82, 2.24) is 25.1 Å². The van der Waals surface area contributed by atoms with Crippen molar-refractivity contribution in [3.8, 4) is 11.1 Å². The van der Waals surface area contributed by atoms with Crippen molar-refractivity contribution in [2.75, 3.05) is 49.7 Å². The predicted octanol–water partition coefficient (Wildman–Crippen LogP) is 5.00. The van der Waals surface area contributed by atoms with Crippen LogP contribution in [0.1, 0.15) is 35.3 Å². The first-order valence-electron chi connectivity index (χ1n) is 12.9. The highest BCUT2D eigenvalue weighted by Crippen LogP contribution is 2.27. The van der Waals surface area contributed by atoms with Crippen LogP contribution in [0.3, 0.4) is 0 Å². The van der Waals surface area contributed by atoms with Gasteiger partial charge >= 0.3 is 0 Å². The molecule has 0 aliphatic carbocycles. The van der Waals surface area contributed by atoms with Gasteiger partial charge in [0.2, 0.25) is 0 Å². The summed E-state index contributed by atoms with van der Waals surface area (Å²) >= 11 is 0. The summed E-state index contributed by atoms with van der Waals surface area (Å²) in [5.41, 5.74) is 4.28. The third-order valence-corrected chi connectivity index (χ3v) is 6.76. The number of hydrogen-bond donors (Lipinski definition) is 2. The van der Waals surface area contributed by atoms with Crippen molar-refractivity contribution in [1.29, 1.82) is 0 Å². The molecule has 0 bridgehead atoms. The van der Waals surface area contributed by atoms with Crippen LogP contribution in [0.4, 0.5) is 20.3 Å². The Labute approximate surface area is 220 Å². The minimum Gasteiger partial charge on any atom is -0.357 e. The minimum atomic E-state index is -0.486. The summed E-state index contributed by atoms with van der Waals surface area (Å²) in [6, 6.07) is 11.5. The van der Waals surface area contributed by atoms with Crippen LogP contribution in [0.25, 0.3) is 22.0 Å². The fraction of sp³-hybridized carbons (Fsp3) is 0.357. The van der Waals surface area contributed by atoms with Gasteiger partial charge in [-0.15, -0.1) is 0 Å². The highest BCUT2D eigenvalue weighted by atomic mass is 19.1. The molecule has 38 heavy (non-hydrogen) atoms. The van der Waals surface area contributed by atoms with E-state index < -0.39 is 13.3 Å². The summed E-state index contributed by atoms with van der Waals surface area (Å²) in [4.78, 5) is 26.1. The van der Waals surface area contributed by atoms with Gasteiger partial charge in [0.15, 0.2) is 5.69 Å². The number of carbonyl (C=O) groups excluding carboxylic acids is 1. The fourth-order valence-electron chi connectivity index (χ4n) is 4.81. The SMILES string of the molecule is O=C(Nc1ccc(N2CCCC2)nc1)c1n[nH]c2ccc(-c3cncc(CN(CCF)CCCF)c3)cc12. The number of hydrogen-bond acceptors (Lipinski definition) is 6. The Morgan fingerprint density at radius 3 is 2.63 bits per heavy atom. The van der Waals surface area contributed by atoms with Gasteiger partial charge in [-0.25, -0.2) is 9.37 Å². The van der Waals surface area contributed by atoms with E-state index in [4.69, 9.17) is 0 Å². The Morgan fingerprint density at radius 2 is 1.87 bits per heavy atom. The van der Waals surface area contributed by atoms with Crippen LogP contribution < -0.4 is 10.2 Å². The summed E-state index contributed by atoms with van der Waals surface area (Å²) in [6.45, 7) is 2.32. The standard InChI is InChI=1S/C28H31F2N7O/c29-8-3-10-36(13-9-30)19-20-14-22(17-31-16-20)21-4-6-25-24(15-21)27(35-34-25)28(38)33-23-5-7-26(32-18-23)37-11-1-2-12-37/h4-7,14-18H,1-3,8-13,19H2,(H,33,38)(H,34,35). The lowest BCUT2D eigenvalue weighted by atomic mass is 10.0. The summed E-state index contributed by atoms with van der Waals surface area (Å²) < 4.78 is 25.6. The molecular weight excluding hydrogens is 488 g/mol. The van der Waals surface area contributed by atoms with Gasteiger partial charge in [0, 0.05) is 56.1 Å². The molecule has 0 saturated carbocycles. The molecule has 198 valence electrons. The Morgan fingerprint density at radius 1 is 1.00 bits per heavy atom. The average molecular weight is 520 g/mol. The molecule has 4 heterocycles. The molecule has 0 spiro atoms. The summed E-state index contributed by atoms with van der Waals surface area (Å²) in [5.74, 6) is 0.590. The van der Waals surface area contributed by atoms with Gasteiger partial charge in [-0.2, -0.15) is 5.10 Å². The molecule has 5 rings (SSSR count). The second kappa shape index (κ2) is 12.1. The molecule has 1 saturated heterocycles. The Kier molecular flexibility index (Phi) is 8.18. The molecule has 0 atom stereocenters. The van der Waals surface area contributed by atoms with E-state index >= 15 is 0 Å². The molecule has 8 nitrogen and oxygen atoms in total. The smallest absolute Gasteiger partial charge is 0.276 e. The number of pyridine rings is 2. The van der Waals surface area contributed by atoms with Crippen molar-refractivity contribution in [3.05, 3.63) is 66.2 Å². The lowest BCUT2D eigenvalue weighted by molar-refractivity contribution is 0.102. The zero-order valence-electron chi connectivity index (χ0n) is 21.2. The second-order valence-corrected chi connectivity index (χ2v) is 9.48. The highest BCUT2D eigenvalue weighted by Gasteiger charge is 2.17. The van der Waals surface area contributed by atoms with Crippen molar-refractivity contribution in [3.63, 3.8) is 0 Å². The molecule has 0 radical (unpaired) electrons. The van der Waals surface area contributed by atoms with Crippen molar-refractivity contribution < 1.29 is 13.6 Å². The lowest BCUT2D eigenvalue weighted by Gasteiger charge is -2.20. The number of amides is 1. The van der Waals surface area contributed by atoms with E-state index in [0.29, 0.717) is 30.6 Å². The summed E-state index contributed by atoms with van der Waals surface area (Å²) in [5, 5.41) is 10.8. The molecule has 10 heteroatoms. The second-order valence-electron chi connectivity index (χ2n) is 9.48. The third-order valence-electron chi connectivity index (χ3n) is 6.76. The molecule has 1 aromatic carbocycles. The number of rotatable bonds is 11. The number of nitrogens with one attached hydrogen (secondary N) is 2. The highest BCUT2D eigenvalue weighted by molar-refractivity contribution is 6.11. The van der Waals surface area contributed by atoms with Crippen LogP contribution in [0.15, 0.2) is 55.0 Å². The van der Waals surface area contributed by atoms with Gasteiger partial charge in [0.25, 0.3) is 5.91 Å². The van der Waals surface area contributed by atoms with E-state index in [1.807, 2.05) is 41.3 Å². The molecule has 1 fully saturated rings. The lowest BCUT2D eigenvalue weighted by Crippen LogP contribution is -2.27. The Balaban J connectivity index is 1.33. The van der Waals surface area contributed by atoms with Crippen LogP contribution >= 0.6 is 0 Å². The number of aromatic amines is 1. The number of nitrogens with zero attached hydrogens (tertiary/aromatic N) is 5. The van der Waals surface area contributed by atoms with E-state index in [1.165, 1.54) is 12.8 Å². The number of carbonyl (C=O) groups is 1. The van der Waals surface area contributed by atoms with Gasteiger partial charge in [0.05, 0.1) is 24.1 Å². The van der Waals surface area contributed by atoms with Crippen molar-refractivity contribution in [2.24, 2.45) is 0 Å². The van der Waals surface area contributed by atoms with Crippen molar-refractivity contribution in [2.45, 2.75) is 25.8 Å². The third kappa shape index (κ3) is 5.96. The van der Waals surface area contributed by atoms with E-state index in [-0.39, 0.29) is 18.1 Å². The average Bonchev–Trinajstić information content (AvgIpc) is 3.63. The normalized spacial score (nSPS) is 13.5. The minimum absolute atomic E-state index is 0.250. The van der Waals surface area contributed by atoms with Crippen LogP contribution in [-0.4, -0.2) is 70.5 Å². The molecule has 1 amide bonds. The van der Waals surface area contributed by atoms with Crippen LogP contribution in [0.2, 0.25) is 0 Å². The number of anilines is 2. The zero-order chi connectivity index (χ0) is 26.3. The van der Waals surface area contributed by atoms with Crippen LogP contribution in [0.5, 0.6) is 0 Å². The first-order chi connectivity index (χ1) is 18.6. The molecule has 2 N–H and O–H groups in total. The first kappa shape index (κ1) is 25.7. The maximum Gasteiger partial charge on any atom is 0.276 e. The molecule has 3 aromatic heterocycles. The van der Waals surface area contributed by atoms with Gasteiger partial charge in [0.1, 0.15) is 12.5 Å². The molecular formula is C28H31F2N7O. The molecule has 1 aliphatic heterocycles. The zero-order valence-corrected chi connectivity index (χ0v) is 21.2. The van der Waals surface area contributed by atoms with E-state index in [9.17, 15) is 13.6 Å². The number of fused-ring (bicyclic) bond motifs is 1. The predicted molar refractivity (Wildman–Crippen MR) is 145 cm³/mol. The Hall–Kier alpha value is -3.92. The molecule has 4 aromatic rings. The Bertz CT molecular complexity index is 1370. The van der Waals surface area contributed by atoms with E-state index in [0.717, 1.165) is 41.1 Å². The first-order valence-corrected chi connectivity index (χ1v) is 12.9. The van der Waals surface area contributed by atoms with Crippen LogP contribution in [0, 0.1) is 0 Å². The van der Waals surface area contributed by atoms with E-state index in [2.05, 4.69) is 30.4 Å². The summed E-state index contributed by atoms with van der Waals surface area (Å²) in [6.07, 6.45) is 7.87. The fourth-order valence-corrected chi connectivity index (χ4v) is 4.81.